The summed E-state index contributed by atoms with van der Waals surface area (Å²) >= 11 is 5.87. The van der Waals surface area contributed by atoms with Crippen molar-refractivity contribution in [2.45, 2.75) is 18.8 Å². The molecule has 5 heteroatoms. The highest BCUT2D eigenvalue weighted by atomic mass is 35.5. The highest BCUT2D eigenvalue weighted by Gasteiger charge is 2.12. The normalized spacial score (nSPS) is 12.8. The fourth-order valence-electron chi connectivity index (χ4n) is 2.80. The molecule has 4 nitrogen and oxygen atoms in total. The average molecular weight is 365 g/mol. The molecule has 3 rings (SSSR count). The van der Waals surface area contributed by atoms with Crippen molar-refractivity contribution in [2.75, 3.05) is 5.32 Å². The quantitative estimate of drug-likeness (QED) is 0.432. The monoisotopic (exact) mass is 364 g/mol. The minimum atomic E-state index is 0.0463. The second-order valence-corrected chi connectivity index (χ2v) is 6.24. The molecule has 0 unspecified atom stereocenters. The molecule has 1 atom stereocenters. The van der Waals surface area contributed by atoms with Gasteiger partial charge in [0.1, 0.15) is 17.8 Å². The van der Waals surface area contributed by atoms with Crippen molar-refractivity contribution in [2.24, 2.45) is 0 Å². The van der Waals surface area contributed by atoms with Crippen molar-refractivity contribution in [3.63, 3.8) is 0 Å². The standard InChI is InChI=1S/C21H21ClN4/c1-4-6-16(5-2)14(3)25-20-18-11-19(26-21(18)24-13-23-20)17-9-7-15(12-22)8-10-17/h4-11,13-14H,1-2,12H2,3H3,(H2,23,24,25,26)/b16-6+/t14-/m1/s1. The number of fused-ring (bicyclic) bond motifs is 1. The molecule has 2 heterocycles. The van der Waals surface area contributed by atoms with Crippen LogP contribution < -0.4 is 5.32 Å². The average Bonchev–Trinajstić information content (AvgIpc) is 3.11. The summed E-state index contributed by atoms with van der Waals surface area (Å²) in [6.45, 7) is 9.66. The van der Waals surface area contributed by atoms with Gasteiger partial charge in [-0.3, -0.25) is 0 Å². The Morgan fingerprint density at radius 1 is 1.27 bits per heavy atom. The minimum Gasteiger partial charge on any atom is -0.363 e. The van der Waals surface area contributed by atoms with E-state index >= 15 is 0 Å². The van der Waals surface area contributed by atoms with Gasteiger partial charge in [-0.15, -0.1) is 11.6 Å². The molecule has 26 heavy (non-hydrogen) atoms. The molecule has 0 radical (unpaired) electrons. The van der Waals surface area contributed by atoms with Gasteiger partial charge in [-0.1, -0.05) is 55.7 Å². The molecule has 2 N–H and O–H groups in total. The van der Waals surface area contributed by atoms with Crippen LogP contribution in [-0.4, -0.2) is 21.0 Å². The number of nitrogens with one attached hydrogen (secondary N) is 2. The van der Waals surface area contributed by atoms with Gasteiger partial charge in [0.25, 0.3) is 0 Å². The Balaban J connectivity index is 1.95. The number of aromatic amines is 1. The number of rotatable bonds is 7. The molecule has 0 fully saturated rings. The van der Waals surface area contributed by atoms with Crippen LogP contribution in [0.4, 0.5) is 5.82 Å². The zero-order chi connectivity index (χ0) is 18.5. The van der Waals surface area contributed by atoms with Crippen LogP contribution in [0.2, 0.25) is 0 Å². The van der Waals surface area contributed by atoms with Crippen LogP contribution in [0.25, 0.3) is 22.3 Å². The molecule has 0 saturated heterocycles. The van der Waals surface area contributed by atoms with Crippen molar-refractivity contribution in [1.82, 2.24) is 15.0 Å². The summed E-state index contributed by atoms with van der Waals surface area (Å²) in [4.78, 5) is 12.1. The maximum absolute atomic E-state index is 5.87. The number of halogens is 1. The molecule has 3 aromatic rings. The Hall–Kier alpha value is -2.85. The molecule has 0 bridgehead atoms. The first kappa shape index (κ1) is 18.0. The molecule has 0 spiro atoms. The van der Waals surface area contributed by atoms with E-state index in [1.807, 2.05) is 36.4 Å². The number of hydrogen-bond donors (Lipinski definition) is 2. The highest BCUT2D eigenvalue weighted by molar-refractivity contribution is 6.17. The number of H-pyrrole nitrogens is 1. The summed E-state index contributed by atoms with van der Waals surface area (Å²) < 4.78 is 0. The maximum Gasteiger partial charge on any atom is 0.143 e. The molecule has 0 amide bonds. The summed E-state index contributed by atoms with van der Waals surface area (Å²) in [5.74, 6) is 1.29. The van der Waals surface area contributed by atoms with Gasteiger partial charge in [0.05, 0.1) is 5.39 Å². The van der Waals surface area contributed by atoms with Gasteiger partial charge >= 0.3 is 0 Å². The number of benzene rings is 1. The predicted octanol–water partition coefficient (Wildman–Crippen LogP) is 5.46. The minimum absolute atomic E-state index is 0.0463. The van der Waals surface area contributed by atoms with Crippen molar-refractivity contribution < 1.29 is 0 Å². The third kappa shape index (κ3) is 3.70. The van der Waals surface area contributed by atoms with E-state index in [1.54, 1.807) is 12.4 Å². The van der Waals surface area contributed by atoms with Crippen LogP contribution in [0.3, 0.4) is 0 Å². The fraction of sp³-hybridized carbons (Fsp3) is 0.143. The van der Waals surface area contributed by atoms with E-state index in [-0.39, 0.29) is 6.04 Å². The Bertz CT molecular complexity index is 954. The Morgan fingerprint density at radius 3 is 2.69 bits per heavy atom. The summed E-state index contributed by atoms with van der Waals surface area (Å²) in [7, 11) is 0. The van der Waals surface area contributed by atoms with Gasteiger partial charge in [0.15, 0.2) is 0 Å². The van der Waals surface area contributed by atoms with Gasteiger partial charge in [-0.05, 0) is 29.7 Å². The van der Waals surface area contributed by atoms with E-state index in [2.05, 4.69) is 46.4 Å². The summed E-state index contributed by atoms with van der Waals surface area (Å²) in [6, 6.07) is 10.3. The molecule has 1 aromatic carbocycles. The molecule has 0 aliphatic heterocycles. The van der Waals surface area contributed by atoms with Crippen LogP contribution in [0, 0.1) is 0 Å². The summed E-state index contributed by atoms with van der Waals surface area (Å²) in [5, 5.41) is 4.37. The first-order valence-corrected chi connectivity index (χ1v) is 8.90. The lowest BCUT2D eigenvalue weighted by atomic mass is 10.1. The molecular formula is C21H21ClN4. The smallest absolute Gasteiger partial charge is 0.143 e. The first-order valence-electron chi connectivity index (χ1n) is 8.37. The van der Waals surface area contributed by atoms with Crippen molar-refractivity contribution in [1.29, 1.82) is 0 Å². The van der Waals surface area contributed by atoms with Crippen molar-refractivity contribution >= 4 is 28.5 Å². The lowest BCUT2D eigenvalue weighted by Crippen LogP contribution is -2.18. The van der Waals surface area contributed by atoms with E-state index < -0.39 is 0 Å². The third-order valence-electron chi connectivity index (χ3n) is 4.24. The number of nitrogens with zero attached hydrogens (tertiary/aromatic N) is 2. The Kier molecular flexibility index (Phi) is 5.54. The Labute approximate surface area is 158 Å². The predicted molar refractivity (Wildman–Crippen MR) is 110 cm³/mol. The van der Waals surface area contributed by atoms with Crippen LogP contribution in [0.5, 0.6) is 0 Å². The Morgan fingerprint density at radius 2 is 2.04 bits per heavy atom. The van der Waals surface area contributed by atoms with E-state index in [9.17, 15) is 0 Å². The largest absolute Gasteiger partial charge is 0.363 e. The first-order chi connectivity index (χ1) is 12.7. The maximum atomic E-state index is 5.87. The van der Waals surface area contributed by atoms with E-state index in [1.165, 1.54) is 0 Å². The van der Waals surface area contributed by atoms with Gasteiger partial charge in [0, 0.05) is 17.6 Å². The third-order valence-corrected chi connectivity index (χ3v) is 4.55. The number of hydrogen-bond acceptors (Lipinski definition) is 3. The van der Waals surface area contributed by atoms with Crippen LogP contribution >= 0.6 is 11.6 Å². The molecular weight excluding hydrogens is 344 g/mol. The SMILES string of the molecule is C=C/C=C(\C=C)[C@@H](C)Nc1ncnc2[nH]c(-c3ccc(CCl)cc3)cc12. The van der Waals surface area contributed by atoms with Gasteiger partial charge < -0.3 is 10.3 Å². The topological polar surface area (TPSA) is 53.6 Å². The summed E-state index contributed by atoms with van der Waals surface area (Å²) in [6.07, 6.45) is 7.06. The van der Waals surface area contributed by atoms with Crippen LogP contribution in [0.1, 0.15) is 12.5 Å². The second kappa shape index (κ2) is 8.02. The zero-order valence-electron chi connectivity index (χ0n) is 14.7. The van der Waals surface area contributed by atoms with Gasteiger partial charge in [-0.25, -0.2) is 9.97 Å². The van der Waals surface area contributed by atoms with Gasteiger partial charge in [0.2, 0.25) is 0 Å². The second-order valence-electron chi connectivity index (χ2n) is 5.97. The van der Waals surface area contributed by atoms with Crippen molar-refractivity contribution in [3.05, 3.63) is 79.2 Å². The number of allylic oxidation sites excluding steroid dienone is 2. The lowest BCUT2D eigenvalue weighted by molar-refractivity contribution is 0.940. The number of alkyl halides is 1. The highest BCUT2D eigenvalue weighted by Crippen LogP contribution is 2.28. The lowest BCUT2D eigenvalue weighted by Gasteiger charge is -2.15. The van der Waals surface area contributed by atoms with Crippen LogP contribution in [0.15, 0.2) is 73.6 Å². The molecule has 0 aliphatic rings. The van der Waals surface area contributed by atoms with Gasteiger partial charge in [-0.2, -0.15) is 0 Å². The van der Waals surface area contributed by atoms with E-state index in [4.69, 9.17) is 11.6 Å². The van der Waals surface area contributed by atoms with Crippen LogP contribution in [-0.2, 0) is 5.88 Å². The molecule has 0 aliphatic carbocycles. The fourth-order valence-corrected chi connectivity index (χ4v) is 2.98. The van der Waals surface area contributed by atoms with E-state index in [0.717, 1.165) is 39.2 Å². The number of anilines is 1. The van der Waals surface area contributed by atoms with Crippen molar-refractivity contribution in [3.8, 4) is 11.3 Å². The molecule has 132 valence electrons. The van der Waals surface area contributed by atoms with E-state index in [0.29, 0.717) is 5.88 Å². The molecule has 0 saturated carbocycles. The number of aromatic nitrogens is 3. The molecule has 2 aromatic heterocycles. The zero-order valence-corrected chi connectivity index (χ0v) is 15.4. The summed E-state index contributed by atoms with van der Waals surface area (Å²) in [5.41, 5.74) is 4.99.